The van der Waals surface area contributed by atoms with Crippen molar-refractivity contribution in [2.75, 3.05) is 0 Å². The first kappa shape index (κ1) is 18.3. The zero-order valence-electron chi connectivity index (χ0n) is 18.2. The second-order valence-electron chi connectivity index (χ2n) is 10.3. The Hall–Kier alpha value is -2.74. The summed E-state index contributed by atoms with van der Waals surface area (Å²) in [6.45, 7) is 13.7. The maximum absolute atomic E-state index is 4.94. The zero-order valence-corrected chi connectivity index (χ0v) is 18.2. The van der Waals surface area contributed by atoms with Crippen LogP contribution in [0, 0.1) is 12.3 Å². The van der Waals surface area contributed by atoms with E-state index in [0.29, 0.717) is 0 Å². The molecule has 0 spiro atoms. The fourth-order valence-electron chi connectivity index (χ4n) is 5.09. The number of aryl methyl sites for hydroxylation is 1. The molecule has 0 N–H and O–H groups in total. The lowest BCUT2D eigenvalue weighted by molar-refractivity contribution is 0.411. The quantitative estimate of drug-likeness (QED) is 0.356. The summed E-state index contributed by atoms with van der Waals surface area (Å²) in [7, 11) is 0. The van der Waals surface area contributed by atoms with Gasteiger partial charge in [0.25, 0.3) is 0 Å². The van der Waals surface area contributed by atoms with E-state index < -0.39 is 0 Å². The van der Waals surface area contributed by atoms with E-state index >= 15 is 0 Å². The molecule has 0 atom stereocenters. The number of rotatable bonds is 1. The molecule has 0 fully saturated rings. The molecule has 2 aromatic heterocycles. The number of hydrogen-bond donors (Lipinski definition) is 0. The van der Waals surface area contributed by atoms with E-state index in [2.05, 4.69) is 77.9 Å². The Morgan fingerprint density at radius 3 is 2.48 bits per heavy atom. The molecule has 0 aliphatic heterocycles. The van der Waals surface area contributed by atoms with Gasteiger partial charge in [-0.05, 0) is 57.9 Å². The van der Waals surface area contributed by atoms with E-state index in [1.54, 1.807) is 0 Å². The summed E-state index contributed by atoms with van der Waals surface area (Å²) in [5.74, 6) is 0. The molecular weight excluding hydrogens is 352 g/mol. The van der Waals surface area contributed by atoms with Gasteiger partial charge in [0, 0.05) is 22.6 Å². The maximum atomic E-state index is 4.94. The molecule has 2 heterocycles. The smallest absolute Gasteiger partial charge is 0.0888 e. The minimum absolute atomic E-state index is 0.135. The Balaban J connectivity index is 1.89. The zero-order chi connectivity index (χ0) is 20.6. The van der Waals surface area contributed by atoms with Gasteiger partial charge in [-0.3, -0.25) is 9.97 Å². The molecular formula is C27H28N2. The molecule has 5 rings (SSSR count). The number of nitrogens with zero attached hydrogens (tertiary/aromatic N) is 2. The van der Waals surface area contributed by atoms with Crippen molar-refractivity contribution < 1.29 is 0 Å². The molecule has 2 heteroatoms. The third-order valence-corrected chi connectivity index (χ3v) is 6.34. The van der Waals surface area contributed by atoms with Crippen LogP contribution in [0.1, 0.15) is 56.9 Å². The summed E-state index contributed by atoms with van der Waals surface area (Å²) in [6.07, 6.45) is 4.99. The van der Waals surface area contributed by atoms with Gasteiger partial charge in [0.1, 0.15) is 0 Å². The Labute approximate surface area is 173 Å². The molecule has 0 radical (unpaired) electrons. The summed E-state index contributed by atoms with van der Waals surface area (Å²) >= 11 is 0. The average Bonchev–Trinajstić information content (AvgIpc) is 2.65. The number of hydrogen-bond acceptors (Lipinski definition) is 2. The van der Waals surface area contributed by atoms with Crippen molar-refractivity contribution in [1.29, 1.82) is 0 Å². The molecule has 1 aliphatic carbocycles. The first-order valence-electron chi connectivity index (χ1n) is 10.5. The SMILES string of the molecule is Cc1ccc2c3c(cccc13)C(C)(C)c1c-2ncc2ncc(CC(C)(C)C)cc12. The van der Waals surface area contributed by atoms with Gasteiger partial charge >= 0.3 is 0 Å². The first-order valence-corrected chi connectivity index (χ1v) is 10.5. The van der Waals surface area contributed by atoms with Crippen LogP contribution in [0.15, 0.2) is 48.8 Å². The minimum atomic E-state index is -0.135. The highest BCUT2D eigenvalue weighted by Gasteiger charge is 2.36. The lowest BCUT2D eigenvalue weighted by Gasteiger charge is -2.35. The summed E-state index contributed by atoms with van der Waals surface area (Å²) in [6, 6.07) is 13.6. The van der Waals surface area contributed by atoms with E-state index in [0.717, 1.165) is 17.6 Å². The van der Waals surface area contributed by atoms with Crippen LogP contribution in [0.5, 0.6) is 0 Å². The first-order chi connectivity index (χ1) is 13.7. The van der Waals surface area contributed by atoms with Gasteiger partial charge in [-0.15, -0.1) is 0 Å². The molecule has 0 saturated carbocycles. The predicted octanol–water partition coefficient (Wildman–Crippen LogP) is 6.99. The second kappa shape index (κ2) is 5.89. The molecule has 29 heavy (non-hydrogen) atoms. The van der Waals surface area contributed by atoms with E-state index in [1.165, 1.54) is 44.0 Å². The molecule has 0 saturated heterocycles. The lowest BCUT2D eigenvalue weighted by Crippen LogP contribution is -2.25. The standard InChI is InChI=1S/C27H28N2/c1-16-10-11-19-23-18(16)8-7-9-21(23)27(5,6)24-20-12-17(13-26(2,3)4)14-28-22(20)15-29-25(19)24/h7-12,14-15H,13H2,1-6H3. The Kier molecular flexibility index (Phi) is 3.71. The van der Waals surface area contributed by atoms with Crippen molar-refractivity contribution >= 4 is 21.7 Å². The monoisotopic (exact) mass is 380 g/mol. The molecule has 4 aromatic rings. The van der Waals surface area contributed by atoms with Crippen LogP contribution >= 0.6 is 0 Å². The Bertz CT molecular complexity index is 1290. The second-order valence-corrected chi connectivity index (χ2v) is 10.3. The highest BCUT2D eigenvalue weighted by molar-refractivity contribution is 6.06. The van der Waals surface area contributed by atoms with Gasteiger partial charge in [0.2, 0.25) is 0 Å². The average molecular weight is 381 g/mol. The van der Waals surface area contributed by atoms with Gasteiger partial charge in [-0.1, -0.05) is 65.0 Å². The fourth-order valence-corrected chi connectivity index (χ4v) is 5.09. The fraction of sp³-hybridized carbons (Fsp3) is 0.333. The van der Waals surface area contributed by atoms with E-state index in [1.807, 2.05) is 12.4 Å². The van der Waals surface area contributed by atoms with Crippen molar-refractivity contribution in [3.05, 3.63) is 71.0 Å². The van der Waals surface area contributed by atoms with Crippen molar-refractivity contribution in [3.63, 3.8) is 0 Å². The third kappa shape index (κ3) is 2.69. The number of fused-ring (bicyclic) bond motifs is 4. The summed E-state index contributed by atoms with van der Waals surface area (Å²) in [4.78, 5) is 9.73. The molecule has 1 aliphatic rings. The third-order valence-electron chi connectivity index (χ3n) is 6.34. The highest BCUT2D eigenvalue weighted by Crippen LogP contribution is 2.50. The summed E-state index contributed by atoms with van der Waals surface area (Å²) < 4.78 is 0. The molecule has 0 unspecified atom stereocenters. The molecule has 2 nitrogen and oxygen atoms in total. The largest absolute Gasteiger partial charge is 0.254 e. The summed E-state index contributed by atoms with van der Waals surface area (Å²) in [5, 5.41) is 3.93. The van der Waals surface area contributed by atoms with Gasteiger partial charge < -0.3 is 0 Å². The van der Waals surface area contributed by atoms with Crippen molar-refractivity contribution in [1.82, 2.24) is 9.97 Å². The lowest BCUT2D eigenvalue weighted by atomic mass is 9.68. The van der Waals surface area contributed by atoms with E-state index in [4.69, 9.17) is 9.97 Å². The number of pyridine rings is 2. The Morgan fingerprint density at radius 1 is 0.931 bits per heavy atom. The Morgan fingerprint density at radius 2 is 1.72 bits per heavy atom. The molecule has 2 aromatic carbocycles. The van der Waals surface area contributed by atoms with Gasteiger partial charge in [0.15, 0.2) is 0 Å². The predicted molar refractivity (Wildman–Crippen MR) is 123 cm³/mol. The maximum Gasteiger partial charge on any atom is 0.0888 e. The number of benzene rings is 2. The van der Waals surface area contributed by atoms with E-state index in [-0.39, 0.29) is 10.8 Å². The van der Waals surface area contributed by atoms with Gasteiger partial charge in [-0.25, -0.2) is 0 Å². The minimum Gasteiger partial charge on any atom is -0.254 e. The van der Waals surface area contributed by atoms with Crippen LogP contribution in [0.2, 0.25) is 0 Å². The molecule has 0 amide bonds. The van der Waals surface area contributed by atoms with Gasteiger partial charge in [0.05, 0.1) is 17.4 Å². The number of aromatic nitrogens is 2. The van der Waals surface area contributed by atoms with Crippen molar-refractivity contribution in [2.24, 2.45) is 5.41 Å². The molecule has 0 bridgehead atoms. The van der Waals surface area contributed by atoms with Crippen molar-refractivity contribution in [2.45, 2.75) is 53.4 Å². The topological polar surface area (TPSA) is 25.8 Å². The molecule has 146 valence electrons. The van der Waals surface area contributed by atoms with Crippen LogP contribution in [-0.4, -0.2) is 9.97 Å². The highest BCUT2D eigenvalue weighted by atomic mass is 14.8. The summed E-state index contributed by atoms with van der Waals surface area (Å²) in [5.41, 5.74) is 8.75. The normalized spacial score (nSPS) is 15.0. The van der Waals surface area contributed by atoms with Gasteiger partial charge in [-0.2, -0.15) is 0 Å². The van der Waals surface area contributed by atoms with Crippen molar-refractivity contribution in [3.8, 4) is 11.3 Å². The van der Waals surface area contributed by atoms with Crippen LogP contribution in [0.25, 0.3) is 32.9 Å². The van der Waals surface area contributed by atoms with Crippen LogP contribution in [-0.2, 0) is 11.8 Å². The van der Waals surface area contributed by atoms with E-state index in [9.17, 15) is 0 Å². The van der Waals surface area contributed by atoms with Crippen LogP contribution < -0.4 is 0 Å². The van der Waals surface area contributed by atoms with Crippen LogP contribution in [0.4, 0.5) is 0 Å². The van der Waals surface area contributed by atoms with Crippen LogP contribution in [0.3, 0.4) is 0 Å².